The number of ether oxygens (including phenoxy) is 2. The highest BCUT2D eigenvalue weighted by Gasteiger charge is 2.46. The van der Waals surface area contributed by atoms with E-state index in [-0.39, 0.29) is 12.3 Å². The largest absolute Gasteiger partial charge is 0.486 e. The van der Waals surface area contributed by atoms with Crippen LogP contribution in [0.25, 0.3) is 22.2 Å². The highest BCUT2D eigenvalue weighted by atomic mass is 32.2. The lowest BCUT2D eigenvalue weighted by Gasteiger charge is -2.47. The number of benzene rings is 1. The smallest absolute Gasteiger partial charge is 0.150 e. The first-order valence-corrected chi connectivity index (χ1v) is 15.4. The summed E-state index contributed by atoms with van der Waals surface area (Å²) in [5, 5.41) is 6.18. The topological polar surface area (TPSA) is 65.3 Å². The van der Waals surface area contributed by atoms with Crippen molar-refractivity contribution in [1.29, 1.82) is 0 Å². The van der Waals surface area contributed by atoms with Crippen molar-refractivity contribution in [2.45, 2.75) is 82.8 Å². The fourth-order valence-electron chi connectivity index (χ4n) is 6.72. The van der Waals surface area contributed by atoms with Crippen LogP contribution in [0.2, 0.25) is 0 Å². The molecule has 3 aliphatic rings. The van der Waals surface area contributed by atoms with Gasteiger partial charge in [-0.15, -0.1) is 0 Å². The zero-order valence-corrected chi connectivity index (χ0v) is 24.4. The average molecular weight is 556 g/mol. The molecule has 1 saturated carbocycles. The molecule has 1 unspecified atom stereocenters. The monoisotopic (exact) mass is 555 g/mol. The second kappa shape index (κ2) is 10.4. The van der Waals surface area contributed by atoms with Gasteiger partial charge in [0.2, 0.25) is 0 Å². The minimum atomic E-state index is -0.0984. The van der Waals surface area contributed by atoms with Gasteiger partial charge < -0.3 is 9.47 Å². The van der Waals surface area contributed by atoms with Gasteiger partial charge >= 0.3 is 0 Å². The maximum atomic E-state index is 6.51. The molecule has 1 spiro atoms. The van der Waals surface area contributed by atoms with Gasteiger partial charge in [-0.05, 0) is 106 Å². The lowest BCUT2D eigenvalue weighted by atomic mass is 10.0. The van der Waals surface area contributed by atoms with Gasteiger partial charge in [0.1, 0.15) is 23.4 Å². The van der Waals surface area contributed by atoms with E-state index in [2.05, 4.69) is 65.1 Å². The molecule has 5 heterocycles. The summed E-state index contributed by atoms with van der Waals surface area (Å²) in [5.74, 6) is 1.86. The molecule has 1 aliphatic carbocycles. The van der Waals surface area contributed by atoms with Gasteiger partial charge in [-0.2, -0.15) is 5.10 Å². The number of nitrogens with zero attached hydrogens (tertiary/aromatic N) is 5. The maximum Gasteiger partial charge on any atom is 0.150 e. The van der Waals surface area contributed by atoms with Gasteiger partial charge in [0, 0.05) is 48.3 Å². The number of pyridine rings is 2. The Balaban J connectivity index is 1.21. The first-order chi connectivity index (χ1) is 19.5. The molecule has 8 heteroatoms. The maximum absolute atomic E-state index is 6.51. The van der Waals surface area contributed by atoms with Crippen molar-refractivity contribution in [2.75, 3.05) is 17.5 Å². The van der Waals surface area contributed by atoms with Crippen molar-refractivity contribution in [1.82, 2.24) is 19.7 Å². The normalized spacial score (nSPS) is 21.1. The summed E-state index contributed by atoms with van der Waals surface area (Å²) in [6.45, 7) is 8.17. The van der Waals surface area contributed by atoms with Crippen LogP contribution in [0.1, 0.15) is 80.9 Å². The Morgan fingerprint density at radius 3 is 2.52 bits per heavy atom. The van der Waals surface area contributed by atoms with E-state index in [4.69, 9.17) is 19.6 Å². The first kappa shape index (κ1) is 25.8. The number of hydrogen-bond acceptors (Lipinski definition) is 7. The van der Waals surface area contributed by atoms with Crippen LogP contribution in [-0.2, 0) is 4.74 Å². The highest BCUT2D eigenvalue weighted by molar-refractivity contribution is 8.03. The van der Waals surface area contributed by atoms with Gasteiger partial charge in [0.05, 0.1) is 10.3 Å². The summed E-state index contributed by atoms with van der Waals surface area (Å²) < 4.78 is 17.6. The number of hydrogen-bond donors (Lipinski definition) is 0. The summed E-state index contributed by atoms with van der Waals surface area (Å²) in [7, 11) is 0. The van der Waals surface area contributed by atoms with Crippen LogP contribution in [0, 0.1) is 13.8 Å². The standard InChI is InChI=1S/C32H37N5O2S/c1-21-17-33-18-22(2)30(21)23(3)39-25-10-11-27-26(16-25)31(35-37(27)29-8-4-7-15-38-29)24-9-12-28(34-19-24)36-20-32(40-36)13-5-6-14-32/h9-12,16-19,23,29H,4-8,13-15,20H2,1-3H3/t23-,29?/m0/s1. The fourth-order valence-corrected chi connectivity index (χ4v) is 8.14. The van der Waals surface area contributed by atoms with E-state index in [1.165, 1.54) is 31.2 Å². The first-order valence-electron chi connectivity index (χ1n) is 14.6. The number of rotatable bonds is 6. The molecule has 2 saturated heterocycles. The molecule has 0 radical (unpaired) electrons. The van der Waals surface area contributed by atoms with Crippen LogP contribution in [0.4, 0.5) is 5.82 Å². The Bertz CT molecular complexity index is 1490. The third-order valence-corrected chi connectivity index (χ3v) is 10.2. The number of fused-ring (bicyclic) bond motifs is 1. The minimum Gasteiger partial charge on any atom is -0.486 e. The van der Waals surface area contributed by atoms with Crippen LogP contribution in [0.5, 0.6) is 5.75 Å². The fraction of sp³-hybridized carbons (Fsp3) is 0.469. The van der Waals surface area contributed by atoms with E-state index in [9.17, 15) is 0 Å². The molecule has 0 amide bonds. The molecule has 3 fully saturated rings. The van der Waals surface area contributed by atoms with Crippen molar-refractivity contribution in [2.24, 2.45) is 0 Å². The van der Waals surface area contributed by atoms with Gasteiger partial charge in [0.15, 0.2) is 6.23 Å². The van der Waals surface area contributed by atoms with E-state index in [1.54, 1.807) is 0 Å². The van der Waals surface area contributed by atoms with Crippen molar-refractivity contribution >= 4 is 28.7 Å². The van der Waals surface area contributed by atoms with Crippen molar-refractivity contribution in [3.63, 3.8) is 0 Å². The van der Waals surface area contributed by atoms with Gasteiger partial charge in [0.25, 0.3) is 0 Å². The zero-order valence-electron chi connectivity index (χ0n) is 23.6. The molecule has 7 nitrogen and oxygen atoms in total. The predicted octanol–water partition coefficient (Wildman–Crippen LogP) is 7.73. The van der Waals surface area contributed by atoms with Crippen molar-refractivity contribution in [3.05, 3.63) is 65.6 Å². The van der Waals surface area contributed by atoms with Crippen molar-refractivity contribution in [3.8, 4) is 17.0 Å². The van der Waals surface area contributed by atoms with Gasteiger partial charge in [-0.25, -0.2) is 9.67 Å². The van der Waals surface area contributed by atoms with Gasteiger partial charge in [-0.3, -0.25) is 9.29 Å². The lowest BCUT2D eigenvalue weighted by Crippen LogP contribution is -2.49. The molecule has 2 aliphatic heterocycles. The van der Waals surface area contributed by atoms with E-state index in [1.807, 2.05) is 30.5 Å². The molecule has 40 heavy (non-hydrogen) atoms. The lowest BCUT2D eigenvalue weighted by molar-refractivity contribution is -0.0365. The summed E-state index contributed by atoms with van der Waals surface area (Å²) in [6.07, 6.45) is 14.2. The number of aromatic nitrogens is 4. The van der Waals surface area contributed by atoms with Crippen molar-refractivity contribution < 1.29 is 9.47 Å². The molecule has 0 N–H and O–H groups in total. The third-order valence-electron chi connectivity index (χ3n) is 8.74. The molecule has 208 valence electrons. The van der Waals surface area contributed by atoms with Crippen LogP contribution in [0.3, 0.4) is 0 Å². The van der Waals surface area contributed by atoms with Crippen LogP contribution >= 0.6 is 11.9 Å². The molecule has 3 aromatic heterocycles. The average Bonchev–Trinajstić information content (AvgIpc) is 3.59. The minimum absolute atomic E-state index is 0.0508. The second-order valence-corrected chi connectivity index (χ2v) is 13.2. The number of anilines is 1. The molecule has 0 bridgehead atoms. The van der Waals surface area contributed by atoms with E-state index >= 15 is 0 Å². The Labute approximate surface area is 240 Å². The molecular weight excluding hydrogens is 518 g/mol. The highest BCUT2D eigenvalue weighted by Crippen LogP contribution is 2.53. The van der Waals surface area contributed by atoms with Crippen LogP contribution in [0.15, 0.2) is 48.9 Å². The van der Waals surface area contributed by atoms with Gasteiger partial charge in [-0.1, -0.05) is 12.8 Å². The molecule has 7 rings (SSSR count). The Morgan fingerprint density at radius 1 is 1.02 bits per heavy atom. The quantitative estimate of drug-likeness (QED) is 0.226. The van der Waals surface area contributed by atoms with Crippen LogP contribution in [-0.4, -0.2) is 37.6 Å². The van der Waals surface area contributed by atoms with E-state index in [0.717, 1.165) is 77.3 Å². The Kier molecular flexibility index (Phi) is 6.71. The van der Waals surface area contributed by atoms with E-state index < -0.39 is 0 Å². The van der Waals surface area contributed by atoms with E-state index in [0.29, 0.717) is 4.75 Å². The SMILES string of the molecule is Cc1cncc(C)c1[C@H](C)Oc1ccc2c(c1)c(-c1ccc(N3CC4(CCCC4)S3)nc1)nn2C1CCCCO1. The second-order valence-electron chi connectivity index (χ2n) is 11.7. The summed E-state index contributed by atoms with van der Waals surface area (Å²) in [5.41, 5.74) is 6.45. The summed E-state index contributed by atoms with van der Waals surface area (Å²) in [6, 6.07) is 10.6. The molecule has 2 atom stereocenters. The Morgan fingerprint density at radius 2 is 1.82 bits per heavy atom. The molecule has 1 aromatic carbocycles. The predicted molar refractivity (Wildman–Crippen MR) is 161 cm³/mol. The van der Waals surface area contributed by atoms with Crippen LogP contribution < -0.4 is 9.04 Å². The number of aryl methyl sites for hydroxylation is 2. The third kappa shape index (κ3) is 4.65. The summed E-state index contributed by atoms with van der Waals surface area (Å²) >= 11 is 1.99. The zero-order chi connectivity index (χ0) is 27.3. The Hall–Kier alpha value is -3.10. The molecule has 4 aromatic rings. The summed E-state index contributed by atoms with van der Waals surface area (Å²) in [4.78, 5) is 9.20. The molecular formula is C32H37N5O2S.